The minimum atomic E-state index is 0.716. The predicted molar refractivity (Wildman–Crippen MR) is 82.9 cm³/mol. The van der Waals surface area contributed by atoms with Gasteiger partial charge in [0.1, 0.15) is 0 Å². The van der Waals surface area contributed by atoms with Crippen molar-refractivity contribution in [2.75, 3.05) is 52.9 Å². The highest BCUT2D eigenvalue weighted by molar-refractivity contribution is 5.04. The summed E-state index contributed by atoms with van der Waals surface area (Å²) in [6, 6.07) is 0.887. The third kappa shape index (κ3) is 2.32. The zero-order chi connectivity index (χ0) is 13.8. The highest BCUT2D eigenvalue weighted by Crippen LogP contribution is 2.50. The largest absolute Gasteiger partial charge is 0.303 e. The van der Waals surface area contributed by atoms with E-state index in [-0.39, 0.29) is 0 Å². The Labute approximate surface area is 124 Å². The average Bonchev–Trinajstić information content (AvgIpc) is 3.14. The van der Waals surface area contributed by atoms with E-state index in [4.69, 9.17) is 0 Å². The maximum atomic E-state index is 2.78. The van der Waals surface area contributed by atoms with Crippen molar-refractivity contribution >= 4 is 0 Å². The molecule has 4 rings (SSSR count). The smallest absolute Gasteiger partial charge is 0.0350 e. The summed E-state index contributed by atoms with van der Waals surface area (Å²) in [6.07, 6.45) is 7.32. The Hall–Kier alpha value is -0.120. The summed E-state index contributed by atoms with van der Waals surface area (Å²) < 4.78 is 0. The molecule has 0 aromatic rings. The topological polar surface area (TPSA) is 9.72 Å². The lowest BCUT2D eigenvalue weighted by Crippen LogP contribution is -2.69. The summed E-state index contributed by atoms with van der Waals surface area (Å²) in [5.41, 5.74) is 1.46. The summed E-state index contributed by atoms with van der Waals surface area (Å²) in [6.45, 7) is 12.0. The van der Waals surface area contributed by atoms with Crippen LogP contribution in [0.3, 0.4) is 0 Å². The minimum Gasteiger partial charge on any atom is -0.303 e. The zero-order valence-corrected chi connectivity index (χ0v) is 13.4. The summed E-state index contributed by atoms with van der Waals surface area (Å²) in [4.78, 5) is 7.98. The van der Waals surface area contributed by atoms with Crippen molar-refractivity contribution in [1.82, 2.24) is 14.7 Å². The molecular formula is C17H31N3. The van der Waals surface area contributed by atoms with Gasteiger partial charge in [0.2, 0.25) is 0 Å². The van der Waals surface area contributed by atoms with Crippen molar-refractivity contribution in [3.63, 3.8) is 0 Å². The van der Waals surface area contributed by atoms with Crippen LogP contribution in [0.15, 0.2) is 0 Å². The molecule has 0 aromatic carbocycles. The van der Waals surface area contributed by atoms with Gasteiger partial charge in [0.25, 0.3) is 0 Å². The highest BCUT2D eigenvalue weighted by atomic mass is 15.3. The lowest BCUT2D eigenvalue weighted by atomic mass is 9.71. The molecule has 1 saturated carbocycles. The van der Waals surface area contributed by atoms with E-state index in [9.17, 15) is 0 Å². The van der Waals surface area contributed by atoms with Gasteiger partial charge in [0, 0.05) is 38.8 Å². The van der Waals surface area contributed by atoms with Crippen molar-refractivity contribution in [3.05, 3.63) is 0 Å². The first-order chi connectivity index (χ1) is 9.62. The molecule has 3 heteroatoms. The van der Waals surface area contributed by atoms with Gasteiger partial charge in [0.15, 0.2) is 0 Å². The average molecular weight is 277 g/mol. The van der Waals surface area contributed by atoms with E-state index in [1.165, 1.54) is 77.9 Å². The monoisotopic (exact) mass is 277 g/mol. The summed E-state index contributed by atoms with van der Waals surface area (Å²) in [5, 5.41) is 0. The Morgan fingerprint density at radius 1 is 1.00 bits per heavy atom. The molecule has 0 atom stereocenters. The molecule has 0 bridgehead atoms. The molecule has 3 aliphatic heterocycles. The van der Waals surface area contributed by atoms with Crippen molar-refractivity contribution < 1.29 is 0 Å². The Balaban J connectivity index is 1.22. The fourth-order valence-corrected chi connectivity index (χ4v) is 4.75. The molecule has 0 amide bonds. The molecule has 1 spiro atoms. The van der Waals surface area contributed by atoms with Gasteiger partial charge >= 0.3 is 0 Å². The van der Waals surface area contributed by atoms with E-state index in [2.05, 4.69) is 28.7 Å². The Kier molecular flexibility index (Phi) is 3.17. The Morgan fingerprint density at radius 3 is 2.15 bits per heavy atom. The Bertz CT molecular complexity index is 354. The van der Waals surface area contributed by atoms with Gasteiger partial charge in [-0.25, -0.2) is 0 Å². The molecule has 0 aromatic heterocycles. The first kappa shape index (κ1) is 13.5. The molecule has 20 heavy (non-hydrogen) atoms. The summed E-state index contributed by atoms with van der Waals surface area (Å²) in [5.74, 6) is 0. The van der Waals surface area contributed by atoms with Crippen LogP contribution >= 0.6 is 0 Å². The number of likely N-dealkylation sites (tertiary alicyclic amines) is 3. The second-order valence-corrected chi connectivity index (χ2v) is 8.41. The summed E-state index contributed by atoms with van der Waals surface area (Å²) in [7, 11) is 2.24. The fraction of sp³-hybridized carbons (Fsp3) is 1.00. The maximum Gasteiger partial charge on any atom is 0.0350 e. The third-order valence-electron chi connectivity index (χ3n) is 6.82. The number of likely N-dealkylation sites (N-methyl/N-ethyl adjacent to an activating group) is 1. The first-order valence-corrected chi connectivity index (χ1v) is 8.77. The molecule has 4 fully saturated rings. The van der Waals surface area contributed by atoms with Crippen LogP contribution < -0.4 is 0 Å². The van der Waals surface area contributed by atoms with E-state index < -0.39 is 0 Å². The molecule has 3 heterocycles. The fourth-order valence-electron chi connectivity index (χ4n) is 4.75. The van der Waals surface area contributed by atoms with Gasteiger partial charge in [-0.1, -0.05) is 6.92 Å². The van der Waals surface area contributed by atoms with Gasteiger partial charge in [-0.05, 0) is 63.1 Å². The van der Waals surface area contributed by atoms with Crippen molar-refractivity contribution in [2.24, 2.45) is 10.8 Å². The third-order valence-corrected chi connectivity index (χ3v) is 6.82. The van der Waals surface area contributed by atoms with E-state index in [0.717, 1.165) is 11.5 Å². The molecular weight excluding hydrogens is 246 g/mol. The van der Waals surface area contributed by atoms with Crippen LogP contribution in [-0.2, 0) is 0 Å². The molecule has 114 valence electrons. The van der Waals surface area contributed by atoms with Gasteiger partial charge in [0.05, 0.1) is 0 Å². The van der Waals surface area contributed by atoms with E-state index in [1.807, 2.05) is 0 Å². The molecule has 3 saturated heterocycles. The SMILES string of the molecule is CCC1(CN2CCC3(CC2)CN(C2CN(C)C2)C3)CC1. The number of nitrogens with zero attached hydrogens (tertiary/aromatic N) is 3. The molecule has 3 nitrogen and oxygen atoms in total. The Morgan fingerprint density at radius 2 is 1.65 bits per heavy atom. The van der Waals surface area contributed by atoms with Gasteiger partial charge < -0.3 is 9.80 Å². The lowest BCUT2D eigenvalue weighted by Gasteiger charge is -2.59. The number of rotatable bonds is 4. The number of hydrogen-bond donors (Lipinski definition) is 0. The van der Waals surface area contributed by atoms with Crippen LogP contribution in [0, 0.1) is 10.8 Å². The van der Waals surface area contributed by atoms with E-state index in [0.29, 0.717) is 5.41 Å². The number of piperidine rings is 1. The minimum absolute atomic E-state index is 0.716. The molecule has 0 unspecified atom stereocenters. The van der Waals surface area contributed by atoms with E-state index in [1.54, 1.807) is 0 Å². The first-order valence-electron chi connectivity index (χ1n) is 8.77. The molecule has 0 N–H and O–H groups in total. The molecule has 4 aliphatic rings. The van der Waals surface area contributed by atoms with Gasteiger partial charge in [-0.3, -0.25) is 4.90 Å². The zero-order valence-electron chi connectivity index (χ0n) is 13.4. The van der Waals surface area contributed by atoms with Crippen molar-refractivity contribution in [3.8, 4) is 0 Å². The van der Waals surface area contributed by atoms with Crippen LogP contribution in [0.1, 0.15) is 39.0 Å². The van der Waals surface area contributed by atoms with Crippen LogP contribution in [0.25, 0.3) is 0 Å². The van der Waals surface area contributed by atoms with Gasteiger partial charge in [-0.15, -0.1) is 0 Å². The summed E-state index contributed by atoms with van der Waals surface area (Å²) >= 11 is 0. The molecule has 0 radical (unpaired) electrons. The van der Waals surface area contributed by atoms with E-state index >= 15 is 0 Å². The molecule has 1 aliphatic carbocycles. The second kappa shape index (κ2) is 4.69. The standard InChI is InChI=1S/C17H31N3/c1-3-16(4-5-16)12-19-8-6-17(7-9-19)13-20(14-17)15-10-18(2)11-15/h15H,3-14H2,1-2H3. The van der Waals surface area contributed by atoms with Crippen molar-refractivity contribution in [1.29, 1.82) is 0 Å². The van der Waals surface area contributed by atoms with Crippen LogP contribution in [0.2, 0.25) is 0 Å². The van der Waals surface area contributed by atoms with Crippen LogP contribution in [-0.4, -0.2) is 73.6 Å². The quantitative estimate of drug-likeness (QED) is 0.777. The van der Waals surface area contributed by atoms with Crippen LogP contribution in [0.5, 0.6) is 0 Å². The second-order valence-electron chi connectivity index (χ2n) is 8.41. The normalized spacial score (nSPS) is 33.9. The predicted octanol–water partition coefficient (Wildman–Crippen LogP) is 1.89. The van der Waals surface area contributed by atoms with Crippen LogP contribution in [0.4, 0.5) is 0 Å². The number of hydrogen-bond acceptors (Lipinski definition) is 3. The van der Waals surface area contributed by atoms with Crippen molar-refractivity contribution in [2.45, 2.75) is 45.1 Å². The van der Waals surface area contributed by atoms with Gasteiger partial charge in [-0.2, -0.15) is 0 Å². The maximum absolute atomic E-state index is 2.78. The highest BCUT2D eigenvalue weighted by Gasteiger charge is 2.49. The lowest BCUT2D eigenvalue weighted by molar-refractivity contribution is -0.101.